The summed E-state index contributed by atoms with van der Waals surface area (Å²) in [5.41, 5.74) is 0.659. The number of likely N-dealkylation sites (tertiary alicyclic amines) is 1. The van der Waals surface area contributed by atoms with Gasteiger partial charge in [-0.2, -0.15) is 4.31 Å². The highest BCUT2D eigenvalue weighted by molar-refractivity contribution is 7.89. The van der Waals surface area contributed by atoms with Gasteiger partial charge in [0.05, 0.1) is 15.5 Å². The fourth-order valence-electron chi connectivity index (χ4n) is 3.62. The molecular formula is C24H28ClN3O6S. The SMILES string of the molecule is CN(Cc1ccccc1)S(=O)(=O)c1ccc(Cl)c(C(=O)OCC(=O)NCCCN2CCCC2=O)c1. The van der Waals surface area contributed by atoms with Gasteiger partial charge in [-0.3, -0.25) is 9.59 Å². The summed E-state index contributed by atoms with van der Waals surface area (Å²) in [5, 5.41) is 2.64. The molecule has 0 spiro atoms. The number of carbonyl (C=O) groups excluding carboxylic acids is 3. The second kappa shape index (κ2) is 12.1. The van der Waals surface area contributed by atoms with Crippen LogP contribution in [-0.2, 0) is 30.9 Å². The Labute approximate surface area is 210 Å². The lowest BCUT2D eigenvalue weighted by atomic mass is 10.2. The smallest absolute Gasteiger partial charge is 0.340 e. The Morgan fingerprint density at radius 2 is 1.91 bits per heavy atom. The van der Waals surface area contributed by atoms with Gasteiger partial charge in [-0.15, -0.1) is 0 Å². The molecular weight excluding hydrogens is 494 g/mol. The van der Waals surface area contributed by atoms with Gasteiger partial charge < -0.3 is 15.0 Å². The van der Waals surface area contributed by atoms with Crippen LogP contribution < -0.4 is 5.32 Å². The number of hydrogen-bond donors (Lipinski definition) is 1. The topological polar surface area (TPSA) is 113 Å². The standard InChI is InChI=1S/C24H28ClN3O6S/c1-27(16-18-7-3-2-4-8-18)35(32,33)19-10-11-21(25)20(15-19)24(31)34-17-22(29)26-12-6-14-28-13-5-9-23(28)30/h2-4,7-8,10-11,15H,5-6,9,12-14,16-17H2,1H3,(H,26,29). The molecule has 11 heteroatoms. The minimum Gasteiger partial charge on any atom is -0.452 e. The summed E-state index contributed by atoms with van der Waals surface area (Å²) in [7, 11) is -2.46. The number of nitrogens with zero attached hydrogens (tertiary/aromatic N) is 2. The van der Waals surface area contributed by atoms with Gasteiger partial charge in [0, 0.05) is 39.6 Å². The van der Waals surface area contributed by atoms with E-state index in [0.29, 0.717) is 25.9 Å². The number of carbonyl (C=O) groups is 3. The maximum atomic E-state index is 13.0. The van der Waals surface area contributed by atoms with E-state index in [1.807, 2.05) is 30.3 Å². The Kier molecular flexibility index (Phi) is 9.25. The van der Waals surface area contributed by atoms with Crippen LogP contribution in [0.2, 0.25) is 5.02 Å². The number of benzene rings is 2. The Balaban J connectivity index is 1.53. The first-order chi connectivity index (χ1) is 16.7. The molecule has 0 unspecified atom stereocenters. The van der Waals surface area contributed by atoms with E-state index in [-0.39, 0.29) is 27.9 Å². The second-order valence-corrected chi connectivity index (χ2v) is 10.6. The fraction of sp³-hybridized carbons (Fsp3) is 0.375. The number of sulfonamides is 1. The molecule has 0 saturated carbocycles. The molecule has 2 aromatic carbocycles. The van der Waals surface area contributed by atoms with E-state index in [4.69, 9.17) is 16.3 Å². The fourth-order valence-corrected chi connectivity index (χ4v) is 5.01. The largest absolute Gasteiger partial charge is 0.452 e. The molecule has 3 rings (SSSR count). The maximum absolute atomic E-state index is 13.0. The van der Waals surface area contributed by atoms with Crippen LogP contribution in [0.1, 0.15) is 35.2 Å². The molecule has 0 atom stereocenters. The highest BCUT2D eigenvalue weighted by atomic mass is 35.5. The van der Waals surface area contributed by atoms with Crippen molar-refractivity contribution in [2.75, 3.05) is 33.3 Å². The summed E-state index contributed by atoms with van der Waals surface area (Å²) in [6, 6.07) is 12.9. The molecule has 1 aliphatic heterocycles. The van der Waals surface area contributed by atoms with E-state index < -0.39 is 28.5 Å². The van der Waals surface area contributed by atoms with E-state index in [1.165, 1.54) is 23.5 Å². The first-order valence-corrected chi connectivity index (χ1v) is 13.0. The van der Waals surface area contributed by atoms with Gasteiger partial charge in [0.2, 0.25) is 15.9 Å². The molecule has 2 aromatic rings. The van der Waals surface area contributed by atoms with E-state index in [9.17, 15) is 22.8 Å². The van der Waals surface area contributed by atoms with Crippen molar-refractivity contribution in [3.8, 4) is 0 Å². The summed E-state index contributed by atoms with van der Waals surface area (Å²) >= 11 is 6.10. The first kappa shape index (κ1) is 26.7. The van der Waals surface area contributed by atoms with Gasteiger partial charge in [-0.1, -0.05) is 41.9 Å². The van der Waals surface area contributed by atoms with Crippen LogP contribution in [0.25, 0.3) is 0 Å². The summed E-state index contributed by atoms with van der Waals surface area (Å²) in [6.07, 6.45) is 2.01. The van der Waals surface area contributed by atoms with Crippen LogP contribution in [0.5, 0.6) is 0 Å². The quantitative estimate of drug-likeness (QED) is 0.359. The summed E-state index contributed by atoms with van der Waals surface area (Å²) < 4.78 is 32.2. The summed E-state index contributed by atoms with van der Waals surface area (Å²) in [4.78, 5) is 37.7. The minimum absolute atomic E-state index is 0.00958. The Hall–Kier alpha value is -2.95. The normalized spacial score (nSPS) is 13.8. The van der Waals surface area contributed by atoms with Crippen LogP contribution in [0.4, 0.5) is 0 Å². The third kappa shape index (κ3) is 7.27. The van der Waals surface area contributed by atoms with Crippen molar-refractivity contribution < 1.29 is 27.5 Å². The van der Waals surface area contributed by atoms with Gasteiger partial charge >= 0.3 is 5.97 Å². The van der Waals surface area contributed by atoms with E-state index in [0.717, 1.165) is 24.6 Å². The molecule has 9 nitrogen and oxygen atoms in total. The molecule has 1 heterocycles. The summed E-state index contributed by atoms with van der Waals surface area (Å²) in [6.45, 7) is 1.25. The van der Waals surface area contributed by atoms with E-state index >= 15 is 0 Å². The lowest BCUT2D eigenvalue weighted by Gasteiger charge is -2.18. The number of rotatable bonds is 11. The Morgan fingerprint density at radius 1 is 1.17 bits per heavy atom. The van der Waals surface area contributed by atoms with Crippen molar-refractivity contribution in [2.24, 2.45) is 0 Å². The average molecular weight is 522 g/mol. The molecule has 1 aliphatic rings. The molecule has 35 heavy (non-hydrogen) atoms. The van der Waals surface area contributed by atoms with Crippen molar-refractivity contribution in [2.45, 2.75) is 30.7 Å². The van der Waals surface area contributed by atoms with Gasteiger partial charge in [-0.05, 0) is 36.6 Å². The Bertz CT molecular complexity index is 1170. The number of hydrogen-bond acceptors (Lipinski definition) is 6. The third-order valence-electron chi connectivity index (χ3n) is 5.55. The number of halogens is 1. The average Bonchev–Trinajstić information content (AvgIpc) is 3.25. The second-order valence-electron chi connectivity index (χ2n) is 8.15. The number of nitrogens with one attached hydrogen (secondary N) is 1. The van der Waals surface area contributed by atoms with Crippen molar-refractivity contribution in [1.82, 2.24) is 14.5 Å². The number of ether oxygens (including phenoxy) is 1. The van der Waals surface area contributed by atoms with Crippen LogP contribution in [0.15, 0.2) is 53.4 Å². The lowest BCUT2D eigenvalue weighted by Crippen LogP contribution is -2.33. The molecule has 1 fully saturated rings. The zero-order valence-electron chi connectivity index (χ0n) is 19.4. The van der Waals surface area contributed by atoms with Gasteiger partial charge in [0.15, 0.2) is 6.61 Å². The molecule has 2 amide bonds. The van der Waals surface area contributed by atoms with Crippen molar-refractivity contribution in [3.05, 3.63) is 64.7 Å². The van der Waals surface area contributed by atoms with Crippen molar-refractivity contribution in [1.29, 1.82) is 0 Å². The molecule has 188 valence electrons. The highest BCUT2D eigenvalue weighted by Gasteiger charge is 2.24. The van der Waals surface area contributed by atoms with Crippen LogP contribution in [-0.4, -0.2) is 68.7 Å². The predicted octanol–water partition coefficient (Wildman–Crippen LogP) is 2.45. The van der Waals surface area contributed by atoms with Crippen LogP contribution >= 0.6 is 11.6 Å². The van der Waals surface area contributed by atoms with Crippen LogP contribution in [0.3, 0.4) is 0 Å². The van der Waals surface area contributed by atoms with Gasteiger partial charge in [-0.25, -0.2) is 13.2 Å². The first-order valence-electron chi connectivity index (χ1n) is 11.2. The van der Waals surface area contributed by atoms with Crippen molar-refractivity contribution in [3.63, 3.8) is 0 Å². The third-order valence-corrected chi connectivity index (χ3v) is 7.68. The molecule has 0 aliphatic carbocycles. The van der Waals surface area contributed by atoms with Crippen LogP contribution in [0, 0.1) is 0 Å². The highest BCUT2D eigenvalue weighted by Crippen LogP contribution is 2.24. The van der Waals surface area contributed by atoms with E-state index in [2.05, 4.69) is 5.32 Å². The molecule has 1 saturated heterocycles. The lowest BCUT2D eigenvalue weighted by molar-refractivity contribution is -0.127. The zero-order valence-corrected chi connectivity index (χ0v) is 21.0. The predicted molar refractivity (Wildman–Crippen MR) is 130 cm³/mol. The molecule has 0 bridgehead atoms. The minimum atomic E-state index is -3.91. The van der Waals surface area contributed by atoms with E-state index in [1.54, 1.807) is 4.90 Å². The van der Waals surface area contributed by atoms with Gasteiger partial charge in [0.25, 0.3) is 5.91 Å². The Morgan fingerprint density at radius 3 is 2.60 bits per heavy atom. The zero-order chi connectivity index (χ0) is 25.4. The maximum Gasteiger partial charge on any atom is 0.340 e. The monoisotopic (exact) mass is 521 g/mol. The van der Waals surface area contributed by atoms with Gasteiger partial charge in [0.1, 0.15) is 0 Å². The van der Waals surface area contributed by atoms with Crippen molar-refractivity contribution >= 4 is 39.4 Å². The molecule has 0 radical (unpaired) electrons. The summed E-state index contributed by atoms with van der Waals surface area (Å²) in [5.74, 6) is -1.29. The number of amides is 2. The number of esters is 1. The molecule has 1 N–H and O–H groups in total. The molecule has 0 aromatic heterocycles.